The van der Waals surface area contributed by atoms with Gasteiger partial charge in [-0.3, -0.25) is 0 Å². The predicted molar refractivity (Wildman–Crippen MR) is 43.3 cm³/mol. The lowest BCUT2D eigenvalue weighted by Crippen LogP contribution is -2.37. The van der Waals surface area contributed by atoms with Crippen LogP contribution in [0.4, 0.5) is 0 Å². The molecule has 11 heavy (non-hydrogen) atoms. The van der Waals surface area contributed by atoms with Crippen molar-refractivity contribution in [3.63, 3.8) is 0 Å². The van der Waals surface area contributed by atoms with Gasteiger partial charge in [-0.05, 0) is 26.7 Å². The zero-order valence-electron chi connectivity index (χ0n) is 7.17. The van der Waals surface area contributed by atoms with Crippen LogP contribution in [0.5, 0.6) is 0 Å². The van der Waals surface area contributed by atoms with E-state index < -0.39 is 0 Å². The molecule has 1 aliphatic rings. The molecule has 1 saturated carbocycles. The normalized spacial score (nSPS) is 17.7. The van der Waals surface area contributed by atoms with Crippen LogP contribution in [0.15, 0.2) is 12.5 Å². The van der Waals surface area contributed by atoms with Gasteiger partial charge in [-0.1, -0.05) is 0 Å². The molecule has 1 fully saturated rings. The lowest BCUT2D eigenvalue weighted by molar-refractivity contribution is -0.721. The monoisotopic (exact) mass is 151 g/mol. The number of nitrogens with zero attached hydrogens (tertiary/aromatic N) is 1. The summed E-state index contributed by atoms with van der Waals surface area (Å²) in [7, 11) is 0. The summed E-state index contributed by atoms with van der Waals surface area (Å²) < 4.78 is 2.33. The van der Waals surface area contributed by atoms with Crippen LogP contribution < -0.4 is 4.57 Å². The summed E-state index contributed by atoms with van der Waals surface area (Å²) in [4.78, 5) is 3.16. The third-order valence-corrected chi connectivity index (χ3v) is 2.29. The molecule has 1 aromatic rings. The number of nitrogens with one attached hydrogen (secondary N) is 1. The quantitative estimate of drug-likeness (QED) is 0.621. The van der Waals surface area contributed by atoms with E-state index in [1.54, 1.807) is 0 Å². The van der Waals surface area contributed by atoms with Crippen molar-refractivity contribution in [3.05, 3.63) is 18.2 Å². The lowest BCUT2D eigenvalue weighted by Gasteiger charge is -2.02. The number of H-pyrrole nitrogens is 1. The highest BCUT2D eigenvalue weighted by molar-refractivity contribution is 5.05. The smallest absolute Gasteiger partial charge is 0.241 e. The minimum atomic E-state index is 0.594. The van der Waals surface area contributed by atoms with E-state index in [-0.39, 0.29) is 0 Å². The van der Waals surface area contributed by atoms with Crippen molar-refractivity contribution in [2.45, 2.75) is 38.6 Å². The second-order valence-corrected chi connectivity index (χ2v) is 3.64. The molecule has 1 N–H and O–H groups in total. The molecular weight excluding hydrogens is 136 g/mol. The Balaban J connectivity index is 2.30. The fraction of sp³-hybridized carbons (Fsp3) is 0.667. The van der Waals surface area contributed by atoms with Crippen molar-refractivity contribution in [1.29, 1.82) is 0 Å². The molecule has 0 amide bonds. The number of rotatable bonds is 2. The second kappa shape index (κ2) is 2.36. The Kier molecular flexibility index (Phi) is 1.48. The van der Waals surface area contributed by atoms with Crippen LogP contribution >= 0.6 is 0 Å². The Morgan fingerprint density at radius 1 is 1.55 bits per heavy atom. The molecule has 1 aliphatic carbocycles. The maximum Gasteiger partial charge on any atom is 0.241 e. The van der Waals surface area contributed by atoms with Gasteiger partial charge in [0.1, 0.15) is 11.9 Å². The summed E-state index contributed by atoms with van der Waals surface area (Å²) in [6.45, 7) is 4.44. The molecule has 0 bridgehead atoms. The topological polar surface area (TPSA) is 19.7 Å². The molecule has 0 spiro atoms. The molecule has 0 radical (unpaired) electrons. The first-order valence-electron chi connectivity index (χ1n) is 4.37. The number of aromatic amines is 1. The van der Waals surface area contributed by atoms with E-state index in [4.69, 9.17) is 0 Å². The molecular formula is C9H15N2+. The fourth-order valence-electron chi connectivity index (χ4n) is 1.51. The summed E-state index contributed by atoms with van der Waals surface area (Å²) in [6, 6.07) is 0.594. The molecule has 0 aliphatic heterocycles. The highest BCUT2D eigenvalue weighted by Crippen LogP contribution is 2.38. The number of aromatic nitrogens is 2. The van der Waals surface area contributed by atoms with Gasteiger partial charge >= 0.3 is 0 Å². The van der Waals surface area contributed by atoms with E-state index in [1.165, 1.54) is 18.5 Å². The molecule has 0 unspecified atom stereocenters. The van der Waals surface area contributed by atoms with Crippen LogP contribution in [0, 0.1) is 0 Å². The van der Waals surface area contributed by atoms with Gasteiger partial charge < -0.3 is 0 Å². The van der Waals surface area contributed by atoms with Gasteiger partial charge in [0.15, 0.2) is 0 Å². The second-order valence-electron chi connectivity index (χ2n) is 3.64. The minimum Gasteiger partial charge on any atom is -0.250 e. The van der Waals surface area contributed by atoms with Gasteiger partial charge in [0.2, 0.25) is 6.33 Å². The van der Waals surface area contributed by atoms with E-state index in [1.807, 2.05) is 0 Å². The van der Waals surface area contributed by atoms with Crippen molar-refractivity contribution in [3.8, 4) is 0 Å². The van der Waals surface area contributed by atoms with Gasteiger partial charge in [0, 0.05) is 5.92 Å². The first-order valence-corrected chi connectivity index (χ1v) is 4.37. The Bertz CT molecular complexity index is 229. The summed E-state index contributed by atoms with van der Waals surface area (Å²) in [5, 5.41) is 0. The average molecular weight is 151 g/mol. The molecule has 0 atom stereocenters. The van der Waals surface area contributed by atoms with Crippen LogP contribution in [0.1, 0.15) is 44.3 Å². The molecule has 1 aromatic heterocycles. The van der Waals surface area contributed by atoms with Crippen LogP contribution in [0.2, 0.25) is 0 Å². The Morgan fingerprint density at radius 2 is 2.27 bits per heavy atom. The molecule has 0 saturated heterocycles. The van der Waals surface area contributed by atoms with E-state index in [0.29, 0.717) is 6.04 Å². The first-order chi connectivity index (χ1) is 5.29. The van der Waals surface area contributed by atoms with Crippen LogP contribution in [-0.2, 0) is 0 Å². The van der Waals surface area contributed by atoms with E-state index in [9.17, 15) is 0 Å². The molecule has 0 aromatic carbocycles. The third kappa shape index (κ3) is 1.17. The third-order valence-electron chi connectivity index (χ3n) is 2.29. The fourth-order valence-corrected chi connectivity index (χ4v) is 1.51. The van der Waals surface area contributed by atoms with Gasteiger partial charge in [0.05, 0.1) is 6.04 Å². The SMILES string of the molecule is CC(C)[n+]1c[nH]cc1C1CC1. The first kappa shape index (κ1) is 6.89. The van der Waals surface area contributed by atoms with E-state index in [0.717, 1.165) is 5.92 Å². The van der Waals surface area contributed by atoms with E-state index >= 15 is 0 Å². The van der Waals surface area contributed by atoms with Crippen molar-refractivity contribution < 1.29 is 4.57 Å². The van der Waals surface area contributed by atoms with Gasteiger partial charge in [-0.25, -0.2) is 9.55 Å². The predicted octanol–water partition coefficient (Wildman–Crippen LogP) is 1.76. The Hall–Kier alpha value is -0.790. The minimum absolute atomic E-state index is 0.594. The molecule has 1 heterocycles. The summed E-state index contributed by atoms with van der Waals surface area (Å²) in [5.41, 5.74) is 1.49. The molecule has 2 nitrogen and oxygen atoms in total. The van der Waals surface area contributed by atoms with Crippen molar-refractivity contribution in [2.24, 2.45) is 0 Å². The summed E-state index contributed by atoms with van der Waals surface area (Å²) in [5.74, 6) is 0.851. The number of hydrogen-bond acceptors (Lipinski definition) is 0. The van der Waals surface area contributed by atoms with Crippen molar-refractivity contribution >= 4 is 0 Å². The van der Waals surface area contributed by atoms with Crippen molar-refractivity contribution in [1.82, 2.24) is 4.98 Å². The van der Waals surface area contributed by atoms with Gasteiger partial charge in [-0.2, -0.15) is 0 Å². The zero-order valence-corrected chi connectivity index (χ0v) is 7.17. The van der Waals surface area contributed by atoms with Gasteiger partial charge in [0.25, 0.3) is 0 Å². The maximum absolute atomic E-state index is 3.16. The van der Waals surface area contributed by atoms with E-state index in [2.05, 4.69) is 35.9 Å². The van der Waals surface area contributed by atoms with Crippen LogP contribution in [-0.4, -0.2) is 4.98 Å². The summed E-state index contributed by atoms with van der Waals surface area (Å²) in [6.07, 6.45) is 6.96. The zero-order chi connectivity index (χ0) is 7.84. The number of imidazole rings is 1. The number of hydrogen-bond donors (Lipinski definition) is 1. The Morgan fingerprint density at radius 3 is 2.82 bits per heavy atom. The van der Waals surface area contributed by atoms with Crippen LogP contribution in [0.3, 0.4) is 0 Å². The molecule has 2 rings (SSSR count). The Labute approximate surface area is 67.3 Å². The van der Waals surface area contributed by atoms with Crippen molar-refractivity contribution in [2.75, 3.05) is 0 Å². The summed E-state index contributed by atoms with van der Waals surface area (Å²) >= 11 is 0. The standard InChI is InChI=1S/C9H14N2/c1-7(2)11-6-10-5-9(11)8-3-4-8/h5-8H,3-4H2,1-2H3/p+1. The van der Waals surface area contributed by atoms with Gasteiger partial charge in [-0.15, -0.1) is 0 Å². The molecule has 60 valence electrons. The molecule has 2 heteroatoms. The highest BCUT2D eigenvalue weighted by Gasteiger charge is 2.31. The van der Waals surface area contributed by atoms with Crippen LogP contribution in [0.25, 0.3) is 0 Å². The largest absolute Gasteiger partial charge is 0.250 e. The highest BCUT2D eigenvalue weighted by atomic mass is 15.1. The lowest BCUT2D eigenvalue weighted by atomic mass is 10.3. The average Bonchev–Trinajstić information content (AvgIpc) is 2.68. The maximum atomic E-state index is 3.16.